The molecule has 1 aliphatic heterocycles. The zero-order chi connectivity index (χ0) is 23.9. The van der Waals surface area contributed by atoms with Gasteiger partial charge in [0.25, 0.3) is 10.0 Å². The minimum Gasteiger partial charge on any atom is -0.465 e. The highest BCUT2D eigenvalue weighted by Crippen LogP contribution is 2.39. The molecule has 3 rings (SSSR count). The van der Waals surface area contributed by atoms with Crippen LogP contribution in [0.1, 0.15) is 35.3 Å². The average molecular weight is 472 g/mol. The first-order chi connectivity index (χ1) is 14.8. The van der Waals surface area contributed by atoms with E-state index in [-0.39, 0.29) is 34.9 Å². The average Bonchev–Trinajstić information content (AvgIpc) is 2.70. The van der Waals surface area contributed by atoms with Crippen molar-refractivity contribution in [2.75, 3.05) is 29.8 Å². The molecular weight excluding hydrogens is 449 g/mol. The Balaban J connectivity index is 2.07. The first-order valence-corrected chi connectivity index (χ1v) is 11.2. The number of alkyl halides is 3. The molecule has 0 bridgehead atoms. The van der Waals surface area contributed by atoms with Crippen LogP contribution in [0, 0.1) is 0 Å². The third-order valence-electron chi connectivity index (χ3n) is 5.13. The Kier molecular flexibility index (Phi) is 6.18. The van der Waals surface area contributed by atoms with Crippen molar-refractivity contribution in [1.29, 1.82) is 0 Å². The Hall–Kier alpha value is -2.79. The maximum absolute atomic E-state index is 13.3. The van der Waals surface area contributed by atoms with Gasteiger partial charge in [0.2, 0.25) is 0 Å². The van der Waals surface area contributed by atoms with Crippen molar-refractivity contribution in [2.45, 2.75) is 36.9 Å². The van der Waals surface area contributed by atoms with Gasteiger partial charge < -0.3 is 14.7 Å². The Morgan fingerprint density at radius 2 is 1.88 bits per heavy atom. The summed E-state index contributed by atoms with van der Waals surface area (Å²) < 4.78 is 73.2. The molecule has 2 aromatic rings. The molecule has 0 aromatic heterocycles. The van der Waals surface area contributed by atoms with E-state index in [9.17, 15) is 31.5 Å². The van der Waals surface area contributed by atoms with Crippen LogP contribution in [0.4, 0.5) is 24.5 Å². The summed E-state index contributed by atoms with van der Waals surface area (Å²) in [5.41, 5.74) is -1.75. The summed E-state index contributed by atoms with van der Waals surface area (Å²) >= 11 is 0. The number of carbonyl (C=O) groups is 1. The van der Waals surface area contributed by atoms with E-state index >= 15 is 0 Å². The maximum atomic E-state index is 13.3. The molecule has 0 aliphatic carbocycles. The molecule has 0 radical (unpaired) electrons. The summed E-state index contributed by atoms with van der Waals surface area (Å²) in [6.07, 6.45) is -4.37. The Bertz CT molecular complexity index is 1140. The molecule has 32 heavy (non-hydrogen) atoms. The number of rotatable bonds is 6. The number of carbonyl (C=O) groups excluding carboxylic acids is 1. The predicted octanol–water partition coefficient (Wildman–Crippen LogP) is 3.43. The summed E-state index contributed by atoms with van der Waals surface area (Å²) in [5, 5.41) is 10.0. The minimum atomic E-state index is -4.68. The number of hydrogen-bond donors (Lipinski definition) is 2. The fraction of sp³-hybridized carbons (Fsp3) is 0.381. The molecule has 0 saturated carbocycles. The lowest BCUT2D eigenvalue weighted by Crippen LogP contribution is -2.60. The fourth-order valence-corrected chi connectivity index (χ4v) is 4.96. The summed E-state index contributed by atoms with van der Waals surface area (Å²) in [7, 11) is -3.21. The van der Waals surface area contributed by atoms with Gasteiger partial charge in [-0.1, -0.05) is 13.0 Å². The van der Waals surface area contributed by atoms with E-state index < -0.39 is 33.3 Å². The number of methoxy groups -OCH3 is 1. The van der Waals surface area contributed by atoms with Crippen molar-refractivity contribution in [1.82, 2.24) is 0 Å². The van der Waals surface area contributed by atoms with Gasteiger partial charge in [0, 0.05) is 13.1 Å². The van der Waals surface area contributed by atoms with Crippen LogP contribution in [0.15, 0.2) is 41.3 Å². The number of aryl methyl sites for hydroxylation is 1. The highest BCUT2D eigenvalue weighted by Gasteiger charge is 2.39. The standard InChI is InChI=1S/C21H23F3N2O5S/c1-4-13-5-6-14(19(27)31-3)9-18(13)32(29,30)25-16-10-15(21(22,23)24)7-8-17(16)26-11-20(2,28)12-26/h5-10,25,28H,4,11-12H2,1-3H3. The van der Waals surface area contributed by atoms with E-state index in [1.807, 2.05) is 0 Å². The van der Waals surface area contributed by atoms with Crippen LogP contribution in [-0.4, -0.2) is 45.3 Å². The molecule has 1 aliphatic rings. The number of aliphatic hydroxyl groups is 1. The summed E-state index contributed by atoms with van der Waals surface area (Å²) in [6, 6.07) is 6.75. The lowest BCUT2D eigenvalue weighted by atomic mass is 9.95. The Labute approximate surface area is 183 Å². The Morgan fingerprint density at radius 1 is 1.22 bits per heavy atom. The van der Waals surface area contributed by atoms with Crippen LogP contribution in [0.2, 0.25) is 0 Å². The van der Waals surface area contributed by atoms with Gasteiger partial charge in [0.15, 0.2) is 0 Å². The number of sulfonamides is 1. The summed E-state index contributed by atoms with van der Waals surface area (Å²) in [5.74, 6) is -0.744. The quantitative estimate of drug-likeness (QED) is 0.626. The van der Waals surface area contributed by atoms with Gasteiger partial charge in [-0.15, -0.1) is 0 Å². The number of esters is 1. The zero-order valence-corrected chi connectivity index (χ0v) is 18.5. The normalized spacial score (nSPS) is 15.8. The minimum absolute atomic E-state index is 0.00636. The zero-order valence-electron chi connectivity index (χ0n) is 17.7. The van der Waals surface area contributed by atoms with Crippen molar-refractivity contribution in [3.8, 4) is 0 Å². The largest absolute Gasteiger partial charge is 0.465 e. The predicted molar refractivity (Wildman–Crippen MR) is 112 cm³/mol. The highest BCUT2D eigenvalue weighted by molar-refractivity contribution is 7.92. The third-order valence-corrected chi connectivity index (χ3v) is 6.58. The monoisotopic (exact) mass is 472 g/mol. The molecule has 0 unspecified atom stereocenters. The molecule has 0 atom stereocenters. The van der Waals surface area contributed by atoms with Crippen LogP contribution >= 0.6 is 0 Å². The number of hydrogen-bond acceptors (Lipinski definition) is 6. The van der Waals surface area contributed by atoms with Crippen LogP contribution in [-0.2, 0) is 27.4 Å². The highest BCUT2D eigenvalue weighted by atomic mass is 32.2. The number of ether oxygens (including phenoxy) is 1. The molecule has 0 amide bonds. The molecule has 174 valence electrons. The number of benzene rings is 2. The van der Waals surface area contributed by atoms with Gasteiger partial charge >= 0.3 is 12.1 Å². The molecule has 2 aromatic carbocycles. The van der Waals surface area contributed by atoms with Gasteiger partial charge in [0.1, 0.15) is 0 Å². The second-order valence-electron chi connectivity index (χ2n) is 7.86. The van der Waals surface area contributed by atoms with Gasteiger partial charge in [-0.05, 0) is 49.2 Å². The van der Waals surface area contributed by atoms with Gasteiger partial charge in [-0.2, -0.15) is 13.2 Å². The number of β-amino-alcohol motifs (C(OH)–C–C–N with tert-alkyl or cyclic N) is 1. The van der Waals surface area contributed by atoms with E-state index in [1.54, 1.807) is 18.7 Å². The lowest BCUT2D eigenvalue weighted by Gasteiger charge is -2.46. The van der Waals surface area contributed by atoms with Gasteiger partial charge in [0.05, 0.1) is 40.1 Å². The van der Waals surface area contributed by atoms with Crippen molar-refractivity contribution < 1.29 is 36.2 Å². The first kappa shape index (κ1) is 23.9. The molecular formula is C21H23F3N2O5S. The van der Waals surface area contributed by atoms with Crippen molar-refractivity contribution in [3.63, 3.8) is 0 Å². The summed E-state index contributed by atoms with van der Waals surface area (Å²) in [6.45, 7) is 3.55. The third kappa shape index (κ3) is 4.83. The van der Waals surface area contributed by atoms with E-state index in [0.717, 1.165) is 25.3 Å². The second kappa shape index (κ2) is 8.28. The smallest absolute Gasteiger partial charge is 0.416 e. The number of nitrogens with zero attached hydrogens (tertiary/aromatic N) is 1. The van der Waals surface area contributed by atoms with E-state index in [0.29, 0.717) is 12.0 Å². The van der Waals surface area contributed by atoms with Crippen LogP contribution in [0.3, 0.4) is 0 Å². The first-order valence-electron chi connectivity index (χ1n) is 9.70. The van der Waals surface area contributed by atoms with Gasteiger partial charge in [-0.25, -0.2) is 13.2 Å². The van der Waals surface area contributed by atoms with Crippen molar-refractivity contribution in [3.05, 3.63) is 53.1 Å². The summed E-state index contributed by atoms with van der Waals surface area (Å²) in [4.78, 5) is 13.2. The Morgan fingerprint density at radius 3 is 2.41 bits per heavy atom. The SMILES string of the molecule is CCc1ccc(C(=O)OC)cc1S(=O)(=O)Nc1cc(C(F)(F)F)ccc1N1CC(C)(O)C1. The van der Waals surface area contributed by atoms with E-state index in [4.69, 9.17) is 0 Å². The maximum Gasteiger partial charge on any atom is 0.416 e. The van der Waals surface area contributed by atoms with Crippen LogP contribution < -0.4 is 9.62 Å². The molecule has 11 heteroatoms. The number of anilines is 2. The number of nitrogens with one attached hydrogen (secondary N) is 1. The van der Waals surface area contributed by atoms with Crippen molar-refractivity contribution >= 4 is 27.4 Å². The van der Waals surface area contributed by atoms with Crippen molar-refractivity contribution in [2.24, 2.45) is 0 Å². The number of halogens is 3. The molecule has 7 nitrogen and oxygen atoms in total. The lowest BCUT2D eigenvalue weighted by molar-refractivity contribution is -0.137. The van der Waals surface area contributed by atoms with Gasteiger partial charge in [-0.3, -0.25) is 4.72 Å². The molecule has 1 fully saturated rings. The van der Waals surface area contributed by atoms with Crippen LogP contribution in [0.25, 0.3) is 0 Å². The molecule has 1 saturated heterocycles. The topological polar surface area (TPSA) is 95.9 Å². The molecule has 0 spiro atoms. The van der Waals surface area contributed by atoms with E-state index in [1.165, 1.54) is 18.2 Å². The van der Waals surface area contributed by atoms with Crippen LogP contribution in [0.5, 0.6) is 0 Å². The molecule has 1 heterocycles. The fourth-order valence-electron chi connectivity index (χ4n) is 3.56. The van der Waals surface area contributed by atoms with E-state index in [2.05, 4.69) is 9.46 Å². The second-order valence-corrected chi connectivity index (χ2v) is 9.51. The molecule has 2 N–H and O–H groups in total.